The predicted octanol–water partition coefficient (Wildman–Crippen LogP) is 2.21. The number of phenols is 1. The van der Waals surface area contributed by atoms with Gasteiger partial charge in [0.2, 0.25) is 0 Å². The van der Waals surface area contributed by atoms with Gasteiger partial charge in [0.25, 0.3) is 0 Å². The van der Waals surface area contributed by atoms with Crippen LogP contribution < -0.4 is 5.63 Å². The molecule has 0 saturated carbocycles. The fourth-order valence-corrected chi connectivity index (χ4v) is 2.33. The summed E-state index contributed by atoms with van der Waals surface area (Å²) in [5, 5.41) is 10.5. The third-order valence-electron chi connectivity index (χ3n) is 3.54. The van der Waals surface area contributed by atoms with Gasteiger partial charge < -0.3 is 14.3 Å². The monoisotopic (exact) mass is 326 g/mol. The highest BCUT2D eigenvalue weighted by atomic mass is 16.5. The normalized spacial score (nSPS) is 10.7. The van der Waals surface area contributed by atoms with E-state index in [4.69, 9.17) is 9.15 Å². The smallest absolute Gasteiger partial charge is 0.358 e. The molecule has 0 bridgehead atoms. The van der Waals surface area contributed by atoms with Crippen LogP contribution in [0.3, 0.4) is 0 Å². The molecule has 2 heterocycles. The molecule has 0 radical (unpaired) electrons. The summed E-state index contributed by atoms with van der Waals surface area (Å²) in [4.78, 5) is 31.3. The van der Waals surface area contributed by atoms with Crippen LogP contribution in [0.1, 0.15) is 28.5 Å². The highest BCUT2D eigenvalue weighted by Gasteiger charge is 2.13. The van der Waals surface area contributed by atoms with E-state index in [2.05, 4.69) is 9.97 Å². The molecule has 7 heteroatoms. The van der Waals surface area contributed by atoms with Crippen LogP contribution in [-0.4, -0.2) is 21.0 Å². The summed E-state index contributed by atoms with van der Waals surface area (Å²) < 4.78 is 10.3. The molecular formula is C17H14N2O5. The molecule has 3 aromatic rings. The number of ether oxygens (including phenoxy) is 1. The number of aromatic hydroxyl groups is 1. The number of nitrogens with zero attached hydrogens (tertiary/aromatic N) is 2. The van der Waals surface area contributed by atoms with E-state index >= 15 is 0 Å². The molecule has 0 aliphatic carbocycles. The fraction of sp³-hybridized carbons (Fsp3) is 0.176. The van der Waals surface area contributed by atoms with E-state index < -0.39 is 11.6 Å². The van der Waals surface area contributed by atoms with Crippen molar-refractivity contribution >= 4 is 16.9 Å². The van der Waals surface area contributed by atoms with Gasteiger partial charge in [-0.15, -0.1) is 0 Å². The number of aryl methyl sites for hydroxylation is 1. The fourth-order valence-electron chi connectivity index (χ4n) is 2.33. The van der Waals surface area contributed by atoms with Crippen molar-refractivity contribution in [1.29, 1.82) is 0 Å². The molecule has 1 aromatic carbocycles. The zero-order chi connectivity index (χ0) is 17.1. The Morgan fingerprint density at radius 2 is 2.08 bits per heavy atom. The minimum absolute atomic E-state index is 0.0573. The van der Waals surface area contributed by atoms with Crippen molar-refractivity contribution in [3.63, 3.8) is 0 Å². The summed E-state index contributed by atoms with van der Waals surface area (Å²) in [6.45, 7) is 1.78. The predicted molar refractivity (Wildman–Crippen MR) is 84.7 cm³/mol. The van der Waals surface area contributed by atoms with Crippen LogP contribution in [0.4, 0.5) is 0 Å². The molecule has 7 nitrogen and oxygen atoms in total. The van der Waals surface area contributed by atoms with Crippen molar-refractivity contribution in [2.75, 3.05) is 0 Å². The lowest BCUT2D eigenvalue weighted by Crippen LogP contribution is -2.09. The molecule has 3 rings (SSSR count). The Hall–Kier alpha value is -3.22. The first-order chi connectivity index (χ1) is 11.6. The number of aromatic nitrogens is 2. The van der Waals surface area contributed by atoms with Gasteiger partial charge in [0.15, 0.2) is 5.69 Å². The van der Waals surface area contributed by atoms with E-state index in [-0.39, 0.29) is 23.6 Å². The topological polar surface area (TPSA) is 103 Å². The molecular weight excluding hydrogens is 312 g/mol. The van der Waals surface area contributed by atoms with Gasteiger partial charge in [-0.05, 0) is 18.1 Å². The van der Waals surface area contributed by atoms with Gasteiger partial charge in [-0.3, -0.25) is 4.98 Å². The van der Waals surface area contributed by atoms with Crippen LogP contribution >= 0.6 is 0 Å². The number of hydrogen-bond donors (Lipinski definition) is 1. The maximum Gasteiger partial charge on any atom is 0.358 e. The minimum atomic E-state index is -0.640. The zero-order valence-electron chi connectivity index (χ0n) is 12.9. The summed E-state index contributed by atoms with van der Waals surface area (Å²) in [5.74, 6) is -0.583. The second kappa shape index (κ2) is 6.49. The number of hydrogen-bond acceptors (Lipinski definition) is 7. The largest absolute Gasteiger partial charge is 0.508 e. The number of benzene rings is 1. The number of fused-ring (bicyclic) bond motifs is 1. The Balaban J connectivity index is 1.94. The summed E-state index contributed by atoms with van der Waals surface area (Å²) in [6.07, 6.45) is 4.75. The molecule has 122 valence electrons. The summed E-state index contributed by atoms with van der Waals surface area (Å²) in [6, 6.07) is 4.38. The van der Waals surface area contributed by atoms with Crippen molar-refractivity contribution in [3.8, 4) is 5.75 Å². The molecule has 0 atom stereocenters. The van der Waals surface area contributed by atoms with Crippen molar-refractivity contribution in [1.82, 2.24) is 9.97 Å². The van der Waals surface area contributed by atoms with Gasteiger partial charge in [0, 0.05) is 35.5 Å². The summed E-state index contributed by atoms with van der Waals surface area (Å²) in [7, 11) is 0. The molecule has 0 amide bonds. The number of phenolic OH excluding ortho intramolecular Hbond substituents is 1. The maximum absolute atomic E-state index is 11.9. The third kappa shape index (κ3) is 3.10. The minimum Gasteiger partial charge on any atom is -0.508 e. The molecule has 1 N–H and O–H groups in total. The molecule has 0 aliphatic heterocycles. The van der Waals surface area contributed by atoms with Crippen LogP contribution in [-0.2, 0) is 17.8 Å². The van der Waals surface area contributed by atoms with Crippen LogP contribution in [0.2, 0.25) is 0 Å². The van der Waals surface area contributed by atoms with Gasteiger partial charge in [-0.2, -0.15) is 0 Å². The summed E-state index contributed by atoms with van der Waals surface area (Å²) >= 11 is 0. The Morgan fingerprint density at radius 1 is 1.25 bits per heavy atom. The number of rotatable bonds is 4. The van der Waals surface area contributed by atoms with Crippen LogP contribution in [0, 0.1) is 0 Å². The lowest BCUT2D eigenvalue weighted by Gasteiger charge is -2.09. The molecule has 24 heavy (non-hydrogen) atoms. The van der Waals surface area contributed by atoms with E-state index in [0.29, 0.717) is 22.9 Å². The van der Waals surface area contributed by atoms with Gasteiger partial charge >= 0.3 is 11.6 Å². The van der Waals surface area contributed by atoms with E-state index in [1.807, 2.05) is 6.92 Å². The van der Waals surface area contributed by atoms with Crippen molar-refractivity contribution in [3.05, 3.63) is 64.0 Å². The summed E-state index contributed by atoms with van der Waals surface area (Å²) in [5.41, 5.74) is 0.933. The van der Waals surface area contributed by atoms with Crippen LogP contribution in [0.25, 0.3) is 11.0 Å². The number of carbonyl (C=O) groups excluding carboxylic acids is 1. The zero-order valence-corrected chi connectivity index (χ0v) is 12.9. The van der Waals surface area contributed by atoms with E-state index in [0.717, 1.165) is 0 Å². The SMILES string of the molecule is CCc1cc2c(COC(=O)c3cnccn3)cc(=O)oc2cc1O. The van der Waals surface area contributed by atoms with Crippen molar-refractivity contribution in [2.24, 2.45) is 0 Å². The number of esters is 1. The van der Waals surface area contributed by atoms with Crippen molar-refractivity contribution < 1.29 is 19.1 Å². The van der Waals surface area contributed by atoms with Crippen LogP contribution in [0.5, 0.6) is 5.75 Å². The first-order valence-electron chi connectivity index (χ1n) is 7.30. The first kappa shape index (κ1) is 15.7. The van der Waals surface area contributed by atoms with Gasteiger partial charge in [0.1, 0.15) is 17.9 Å². The molecule has 0 aliphatic rings. The highest BCUT2D eigenvalue weighted by molar-refractivity contribution is 5.87. The van der Waals surface area contributed by atoms with Gasteiger partial charge in [-0.25, -0.2) is 14.6 Å². The molecule has 2 aromatic heterocycles. The second-order valence-corrected chi connectivity index (χ2v) is 5.09. The average molecular weight is 326 g/mol. The van der Waals surface area contributed by atoms with Crippen molar-refractivity contribution in [2.45, 2.75) is 20.0 Å². The average Bonchev–Trinajstić information content (AvgIpc) is 2.59. The van der Waals surface area contributed by atoms with Gasteiger partial charge in [0.05, 0.1) is 6.20 Å². The standard InChI is InChI=1S/C17H14N2O5/c1-2-10-5-12-11(6-16(21)24-15(12)7-14(10)20)9-23-17(22)13-8-18-3-4-19-13/h3-8,20H,2,9H2,1H3. The Kier molecular flexibility index (Phi) is 4.24. The molecule has 0 saturated heterocycles. The Labute approximate surface area is 136 Å². The Bertz CT molecular complexity index is 950. The maximum atomic E-state index is 11.9. The molecule has 0 unspecified atom stereocenters. The van der Waals surface area contributed by atoms with E-state index in [1.165, 1.54) is 30.7 Å². The Morgan fingerprint density at radius 3 is 2.79 bits per heavy atom. The molecule has 0 fully saturated rings. The quantitative estimate of drug-likeness (QED) is 0.579. The highest BCUT2D eigenvalue weighted by Crippen LogP contribution is 2.27. The van der Waals surface area contributed by atoms with Gasteiger partial charge in [-0.1, -0.05) is 6.92 Å². The molecule has 0 spiro atoms. The lowest BCUT2D eigenvalue weighted by atomic mass is 10.0. The van der Waals surface area contributed by atoms with E-state index in [1.54, 1.807) is 6.07 Å². The third-order valence-corrected chi connectivity index (χ3v) is 3.54. The van der Waals surface area contributed by atoms with Crippen LogP contribution in [0.15, 0.2) is 46.0 Å². The number of carbonyl (C=O) groups is 1. The lowest BCUT2D eigenvalue weighted by molar-refractivity contribution is 0.0466. The first-order valence-corrected chi connectivity index (χ1v) is 7.30. The second-order valence-electron chi connectivity index (χ2n) is 5.09. The van der Waals surface area contributed by atoms with E-state index in [9.17, 15) is 14.7 Å².